The molecule has 1 aliphatic rings. The first kappa shape index (κ1) is 25.1. The molecule has 1 fully saturated rings. The van der Waals surface area contributed by atoms with Gasteiger partial charge in [0.05, 0.1) is 18.3 Å². The maximum Gasteiger partial charge on any atom is 0.217 e. The molecule has 0 bridgehead atoms. The normalized spacial score (nSPS) is 15.1. The first-order chi connectivity index (χ1) is 16.9. The number of hydrogen-bond acceptors (Lipinski definition) is 6. The second kappa shape index (κ2) is 11.6. The van der Waals surface area contributed by atoms with E-state index in [9.17, 15) is 14.0 Å². The van der Waals surface area contributed by atoms with Gasteiger partial charge in [0.1, 0.15) is 5.82 Å². The quantitative estimate of drug-likeness (QED) is 0.346. The molecule has 0 saturated carbocycles. The molecule has 2 heterocycles. The zero-order valence-corrected chi connectivity index (χ0v) is 20.9. The average molecular weight is 496 g/mol. The number of Topliss-reactive ketones (excluding diaryl/α,β-unsaturated/α-hetero) is 1. The van der Waals surface area contributed by atoms with Crippen LogP contribution in [0.2, 0.25) is 0 Å². The maximum absolute atomic E-state index is 13.6. The molecule has 7 nitrogen and oxygen atoms in total. The number of hydrogen-bond donors (Lipinski definition) is 1. The van der Waals surface area contributed by atoms with E-state index in [1.807, 2.05) is 23.6 Å². The minimum absolute atomic E-state index is 0.0278. The predicted octanol–water partition coefficient (Wildman–Crippen LogP) is 4.56. The fourth-order valence-electron chi connectivity index (χ4n) is 4.22. The molecule has 1 atom stereocenters. The van der Waals surface area contributed by atoms with Crippen molar-refractivity contribution in [3.63, 3.8) is 0 Å². The van der Waals surface area contributed by atoms with Crippen LogP contribution in [-0.2, 0) is 11.3 Å². The average Bonchev–Trinajstić information content (AvgIpc) is 3.25. The van der Waals surface area contributed by atoms with Crippen LogP contribution in [0.4, 0.5) is 4.39 Å². The third-order valence-electron chi connectivity index (χ3n) is 6.08. The van der Waals surface area contributed by atoms with E-state index < -0.39 is 0 Å². The number of aromatic nitrogens is 3. The number of rotatable bonds is 9. The maximum atomic E-state index is 13.6. The van der Waals surface area contributed by atoms with Gasteiger partial charge in [-0.3, -0.25) is 19.1 Å². The van der Waals surface area contributed by atoms with Gasteiger partial charge in [-0.1, -0.05) is 42.4 Å². The zero-order valence-electron chi connectivity index (χ0n) is 20.0. The van der Waals surface area contributed by atoms with Crippen LogP contribution in [0, 0.1) is 5.82 Å². The van der Waals surface area contributed by atoms with Crippen molar-refractivity contribution in [3.05, 3.63) is 71.3 Å². The molecule has 0 radical (unpaired) electrons. The highest BCUT2D eigenvalue weighted by Crippen LogP contribution is 2.25. The van der Waals surface area contributed by atoms with Gasteiger partial charge in [0.2, 0.25) is 5.91 Å². The van der Waals surface area contributed by atoms with Crippen molar-refractivity contribution >= 4 is 23.5 Å². The molecule has 1 N–H and O–H groups in total. The molecule has 0 unspecified atom stereocenters. The summed E-state index contributed by atoms with van der Waals surface area (Å²) in [5, 5.41) is 12.2. The van der Waals surface area contributed by atoms with Crippen molar-refractivity contribution in [2.75, 3.05) is 18.8 Å². The molecule has 1 aromatic heterocycles. The number of nitrogens with one attached hydrogen (secondary N) is 1. The van der Waals surface area contributed by atoms with Crippen LogP contribution in [0.15, 0.2) is 53.7 Å². The Bertz CT molecular complexity index is 1160. The summed E-state index contributed by atoms with van der Waals surface area (Å²) in [4.78, 5) is 26.5. The van der Waals surface area contributed by atoms with Gasteiger partial charge < -0.3 is 5.32 Å². The Morgan fingerprint density at radius 1 is 1.03 bits per heavy atom. The second-order valence-corrected chi connectivity index (χ2v) is 9.75. The number of thioether (sulfide) groups is 1. The van der Waals surface area contributed by atoms with Crippen LogP contribution in [0.25, 0.3) is 5.69 Å². The van der Waals surface area contributed by atoms with Crippen LogP contribution >= 0.6 is 11.8 Å². The molecule has 9 heteroatoms. The summed E-state index contributed by atoms with van der Waals surface area (Å²) in [5.41, 5.74) is 2.30. The van der Waals surface area contributed by atoms with Crippen LogP contribution in [0.1, 0.15) is 60.9 Å². The highest BCUT2D eigenvalue weighted by Gasteiger charge is 2.20. The number of piperidine rings is 1. The monoisotopic (exact) mass is 495 g/mol. The Hall–Kier alpha value is -3.04. The Balaban J connectivity index is 1.48. The Morgan fingerprint density at radius 3 is 2.37 bits per heavy atom. The van der Waals surface area contributed by atoms with E-state index >= 15 is 0 Å². The first-order valence-electron chi connectivity index (χ1n) is 11.9. The number of amides is 1. The number of carbonyl (C=O) groups excluding carboxylic acids is 2. The molecule has 1 aliphatic heterocycles. The molecule has 3 aromatic rings. The van der Waals surface area contributed by atoms with Gasteiger partial charge in [0.15, 0.2) is 16.8 Å². The van der Waals surface area contributed by atoms with Crippen molar-refractivity contribution in [1.82, 2.24) is 25.0 Å². The molecular formula is C26H30FN5O2S. The lowest BCUT2D eigenvalue weighted by Crippen LogP contribution is -2.30. The largest absolute Gasteiger partial charge is 0.350 e. The van der Waals surface area contributed by atoms with E-state index in [2.05, 4.69) is 20.4 Å². The number of ketones is 1. The summed E-state index contributed by atoms with van der Waals surface area (Å²) in [6, 6.07) is 13.4. The van der Waals surface area contributed by atoms with Gasteiger partial charge in [0, 0.05) is 18.2 Å². The Labute approximate surface area is 209 Å². The van der Waals surface area contributed by atoms with Gasteiger partial charge >= 0.3 is 0 Å². The standard InChI is InChI=1S/C26H30FN5O2S/c1-18(28-19(2)33)20-6-8-21(9-7-20)24(34)17-35-26-30-29-25(16-31-14-4-3-5-15-31)32(26)23-12-10-22(27)11-13-23/h6-13,18H,3-5,14-17H2,1-2H3,(H,28,33)/t18-/m0/s1. The van der Waals surface area contributed by atoms with Crippen LogP contribution < -0.4 is 5.32 Å². The number of likely N-dealkylation sites (tertiary alicyclic amines) is 1. The number of benzene rings is 2. The lowest BCUT2D eigenvalue weighted by Gasteiger charge is -2.26. The lowest BCUT2D eigenvalue weighted by atomic mass is 10.0. The van der Waals surface area contributed by atoms with E-state index in [1.54, 1.807) is 24.3 Å². The minimum Gasteiger partial charge on any atom is -0.350 e. The molecule has 2 aromatic carbocycles. The van der Waals surface area contributed by atoms with Crippen molar-refractivity contribution in [1.29, 1.82) is 0 Å². The molecular weight excluding hydrogens is 465 g/mol. The van der Waals surface area contributed by atoms with E-state index in [-0.39, 0.29) is 29.3 Å². The number of nitrogens with zero attached hydrogens (tertiary/aromatic N) is 4. The van der Waals surface area contributed by atoms with Gasteiger partial charge in [0.25, 0.3) is 0 Å². The van der Waals surface area contributed by atoms with Gasteiger partial charge in [-0.15, -0.1) is 10.2 Å². The van der Waals surface area contributed by atoms with Gasteiger partial charge in [-0.2, -0.15) is 0 Å². The topological polar surface area (TPSA) is 80.1 Å². The zero-order chi connectivity index (χ0) is 24.8. The van der Waals surface area contributed by atoms with Crippen molar-refractivity contribution in [3.8, 4) is 5.69 Å². The van der Waals surface area contributed by atoms with Crippen molar-refractivity contribution in [2.45, 2.75) is 50.9 Å². The predicted molar refractivity (Wildman–Crippen MR) is 134 cm³/mol. The summed E-state index contributed by atoms with van der Waals surface area (Å²) in [5.74, 6) is 0.549. The molecule has 0 spiro atoms. The van der Waals surface area contributed by atoms with Crippen LogP contribution in [0.3, 0.4) is 0 Å². The third-order valence-corrected chi connectivity index (χ3v) is 7.01. The number of halogens is 1. The van der Waals surface area contributed by atoms with E-state index in [4.69, 9.17) is 0 Å². The Morgan fingerprint density at radius 2 is 1.71 bits per heavy atom. The van der Waals surface area contributed by atoms with E-state index in [0.29, 0.717) is 17.3 Å². The molecule has 4 rings (SSSR count). The summed E-state index contributed by atoms with van der Waals surface area (Å²) in [7, 11) is 0. The molecule has 0 aliphatic carbocycles. The lowest BCUT2D eigenvalue weighted by molar-refractivity contribution is -0.119. The molecule has 1 amide bonds. The van der Waals surface area contributed by atoms with Crippen molar-refractivity contribution in [2.24, 2.45) is 0 Å². The van der Waals surface area contributed by atoms with E-state index in [0.717, 1.165) is 30.2 Å². The third kappa shape index (κ3) is 6.55. The van der Waals surface area contributed by atoms with Crippen LogP contribution in [-0.4, -0.2) is 50.2 Å². The van der Waals surface area contributed by atoms with Crippen molar-refractivity contribution < 1.29 is 14.0 Å². The van der Waals surface area contributed by atoms with Gasteiger partial charge in [-0.25, -0.2) is 4.39 Å². The summed E-state index contributed by atoms with van der Waals surface area (Å²) >= 11 is 1.32. The fourth-order valence-corrected chi connectivity index (χ4v) is 5.09. The Kier molecular flexibility index (Phi) is 8.30. The van der Waals surface area contributed by atoms with Crippen LogP contribution in [0.5, 0.6) is 0 Å². The molecule has 35 heavy (non-hydrogen) atoms. The number of carbonyl (C=O) groups is 2. The highest BCUT2D eigenvalue weighted by atomic mass is 32.2. The minimum atomic E-state index is -0.306. The summed E-state index contributed by atoms with van der Waals surface area (Å²) in [6.07, 6.45) is 3.59. The first-order valence-corrected chi connectivity index (χ1v) is 12.8. The molecule has 1 saturated heterocycles. The second-order valence-electron chi connectivity index (χ2n) is 8.80. The highest BCUT2D eigenvalue weighted by molar-refractivity contribution is 7.99. The SMILES string of the molecule is CC(=O)N[C@@H](C)c1ccc(C(=O)CSc2nnc(CN3CCCCC3)n2-c2ccc(F)cc2)cc1. The van der Waals surface area contributed by atoms with Gasteiger partial charge in [-0.05, 0) is 62.7 Å². The summed E-state index contributed by atoms with van der Waals surface area (Å²) < 4.78 is 15.5. The molecule has 184 valence electrons. The summed E-state index contributed by atoms with van der Waals surface area (Å²) in [6.45, 7) is 6.08. The fraction of sp³-hybridized carbons (Fsp3) is 0.385. The van der Waals surface area contributed by atoms with E-state index in [1.165, 1.54) is 50.1 Å². The smallest absolute Gasteiger partial charge is 0.217 e.